The Kier molecular flexibility index (Phi) is 5.62. The van der Waals surface area contributed by atoms with Gasteiger partial charge in [-0.05, 0) is 38.5 Å². The first-order valence-corrected chi connectivity index (χ1v) is 8.20. The van der Waals surface area contributed by atoms with Gasteiger partial charge in [-0.3, -0.25) is 9.59 Å². The SMILES string of the molecule is CCCC1(C(=O)O)CCN(C(=O)CC2CCCCO2)CC1. The van der Waals surface area contributed by atoms with Gasteiger partial charge in [-0.2, -0.15) is 0 Å². The quantitative estimate of drug-likeness (QED) is 0.846. The second-order valence-corrected chi connectivity index (χ2v) is 6.41. The lowest BCUT2D eigenvalue weighted by Gasteiger charge is -2.39. The predicted molar refractivity (Wildman–Crippen MR) is 79.0 cm³/mol. The van der Waals surface area contributed by atoms with Crippen LogP contribution in [0.15, 0.2) is 0 Å². The van der Waals surface area contributed by atoms with Gasteiger partial charge < -0.3 is 14.7 Å². The first kappa shape index (κ1) is 16.3. The van der Waals surface area contributed by atoms with Gasteiger partial charge >= 0.3 is 5.97 Å². The molecule has 2 fully saturated rings. The van der Waals surface area contributed by atoms with E-state index >= 15 is 0 Å². The van der Waals surface area contributed by atoms with Crippen molar-refractivity contribution < 1.29 is 19.4 Å². The minimum atomic E-state index is -0.702. The molecule has 1 N–H and O–H groups in total. The Morgan fingerprint density at radius 3 is 2.52 bits per heavy atom. The van der Waals surface area contributed by atoms with E-state index < -0.39 is 11.4 Å². The zero-order chi connectivity index (χ0) is 15.3. The molecule has 2 heterocycles. The zero-order valence-corrected chi connectivity index (χ0v) is 13.0. The van der Waals surface area contributed by atoms with Crippen LogP contribution in [0.3, 0.4) is 0 Å². The minimum absolute atomic E-state index is 0.0630. The van der Waals surface area contributed by atoms with E-state index in [0.29, 0.717) is 38.8 Å². The fraction of sp³-hybridized carbons (Fsp3) is 0.875. The number of hydrogen-bond donors (Lipinski definition) is 1. The van der Waals surface area contributed by atoms with Crippen molar-refractivity contribution in [1.82, 2.24) is 4.90 Å². The lowest BCUT2D eigenvalue weighted by Crippen LogP contribution is -2.47. The molecule has 0 bridgehead atoms. The highest BCUT2D eigenvalue weighted by molar-refractivity contribution is 5.78. The molecule has 0 saturated carbocycles. The van der Waals surface area contributed by atoms with Crippen molar-refractivity contribution in [3.63, 3.8) is 0 Å². The Labute approximate surface area is 126 Å². The van der Waals surface area contributed by atoms with Gasteiger partial charge in [0.1, 0.15) is 0 Å². The maximum absolute atomic E-state index is 12.3. The van der Waals surface area contributed by atoms with Crippen LogP contribution in [0.5, 0.6) is 0 Å². The Morgan fingerprint density at radius 1 is 1.29 bits per heavy atom. The van der Waals surface area contributed by atoms with Crippen LogP contribution in [0.2, 0.25) is 0 Å². The summed E-state index contributed by atoms with van der Waals surface area (Å²) in [4.78, 5) is 25.7. The summed E-state index contributed by atoms with van der Waals surface area (Å²) in [7, 11) is 0. The van der Waals surface area contributed by atoms with Crippen molar-refractivity contribution in [1.29, 1.82) is 0 Å². The molecular formula is C16H27NO4. The monoisotopic (exact) mass is 297 g/mol. The molecule has 5 nitrogen and oxygen atoms in total. The number of carbonyl (C=O) groups is 2. The Bertz CT molecular complexity index is 368. The van der Waals surface area contributed by atoms with Crippen molar-refractivity contribution in [3.8, 4) is 0 Å². The van der Waals surface area contributed by atoms with Crippen LogP contribution in [-0.4, -0.2) is 47.7 Å². The molecule has 120 valence electrons. The van der Waals surface area contributed by atoms with Crippen LogP contribution in [-0.2, 0) is 14.3 Å². The van der Waals surface area contributed by atoms with E-state index in [9.17, 15) is 14.7 Å². The Morgan fingerprint density at radius 2 is 2.00 bits per heavy atom. The predicted octanol–water partition coefficient (Wildman–Crippen LogP) is 2.44. The second kappa shape index (κ2) is 7.25. The molecule has 21 heavy (non-hydrogen) atoms. The van der Waals surface area contributed by atoms with Crippen molar-refractivity contribution >= 4 is 11.9 Å². The third-order valence-electron chi connectivity index (χ3n) is 4.93. The third-order valence-corrected chi connectivity index (χ3v) is 4.93. The molecule has 1 amide bonds. The van der Waals surface area contributed by atoms with E-state index in [1.807, 2.05) is 11.8 Å². The first-order chi connectivity index (χ1) is 10.1. The maximum Gasteiger partial charge on any atom is 0.309 e. The van der Waals surface area contributed by atoms with Crippen molar-refractivity contribution in [2.75, 3.05) is 19.7 Å². The molecule has 2 rings (SSSR count). The van der Waals surface area contributed by atoms with Crippen LogP contribution in [0.4, 0.5) is 0 Å². The van der Waals surface area contributed by atoms with Crippen LogP contribution in [0.25, 0.3) is 0 Å². The summed E-state index contributed by atoms with van der Waals surface area (Å²) in [6, 6.07) is 0. The largest absolute Gasteiger partial charge is 0.481 e. The van der Waals surface area contributed by atoms with Crippen molar-refractivity contribution in [2.24, 2.45) is 5.41 Å². The zero-order valence-electron chi connectivity index (χ0n) is 13.0. The third kappa shape index (κ3) is 3.96. The van der Waals surface area contributed by atoms with Crippen molar-refractivity contribution in [3.05, 3.63) is 0 Å². The fourth-order valence-electron chi connectivity index (χ4n) is 3.53. The van der Waals surface area contributed by atoms with Gasteiger partial charge in [0.15, 0.2) is 0 Å². The molecule has 1 atom stereocenters. The van der Waals surface area contributed by atoms with Crippen molar-refractivity contribution in [2.45, 2.75) is 64.4 Å². The van der Waals surface area contributed by atoms with Gasteiger partial charge in [-0.15, -0.1) is 0 Å². The summed E-state index contributed by atoms with van der Waals surface area (Å²) in [5, 5.41) is 9.48. The number of amides is 1. The van der Waals surface area contributed by atoms with E-state index in [2.05, 4.69) is 0 Å². The normalized spacial score (nSPS) is 25.6. The fourth-order valence-corrected chi connectivity index (χ4v) is 3.53. The van der Waals surface area contributed by atoms with Crippen LogP contribution >= 0.6 is 0 Å². The lowest BCUT2D eigenvalue weighted by atomic mass is 9.75. The van der Waals surface area contributed by atoms with Gasteiger partial charge in [0.25, 0.3) is 0 Å². The number of hydrogen-bond acceptors (Lipinski definition) is 3. The standard InChI is InChI=1S/C16H27NO4/c1-2-6-16(15(19)20)7-9-17(10-8-16)14(18)12-13-5-3-4-11-21-13/h13H,2-12H2,1H3,(H,19,20). The lowest BCUT2D eigenvalue weighted by molar-refractivity contribution is -0.155. The smallest absolute Gasteiger partial charge is 0.309 e. The number of carboxylic acids is 1. The summed E-state index contributed by atoms with van der Waals surface area (Å²) in [6.07, 6.45) is 6.44. The number of ether oxygens (including phenoxy) is 1. The van der Waals surface area contributed by atoms with Gasteiger partial charge in [-0.25, -0.2) is 0 Å². The van der Waals surface area contributed by atoms with Gasteiger partial charge in [0.05, 0.1) is 17.9 Å². The van der Waals surface area contributed by atoms with E-state index in [1.165, 1.54) is 0 Å². The highest BCUT2D eigenvalue weighted by Gasteiger charge is 2.41. The summed E-state index contributed by atoms with van der Waals surface area (Å²) in [6.45, 7) is 3.91. The topological polar surface area (TPSA) is 66.8 Å². The van der Waals surface area contributed by atoms with Gasteiger partial charge in [0, 0.05) is 19.7 Å². The Hall–Kier alpha value is -1.10. The average Bonchev–Trinajstić information content (AvgIpc) is 2.49. The summed E-state index contributed by atoms with van der Waals surface area (Å²) < 4.78 is 5.62. The number of aliphatic carboxylic acids is 1. The van der Waals surface area contributed by atoms with E-state index in [1.54, 1.807) is 0 Å². The number of carbonyl (C=O) groups excluding carboxylic acids is 1. The summed E-state index contributed by atoms with van der Waals surface area (Å²) >= 11 is 0. The Balaban J connectivity index is 1.84. The molecule has 0 aliphatic carbocycles. The minimum Gasteiger partial charge on any atom is -0.481 e. The molecule has 2 saturated heterocycles. The molecule has 2 aliphatic rings. The van der Waals surface area contributed by atoms with Crippen LogP contribution in [0.1, 0.15) is 58.3 Å². The average molecular weight is 297 g/mol. The second-order valence-electron chi connectivity index (χ2n) is 6.41. The number of rotatable bonds is 5. The molecule has 2 aliphatic heterocycles. The number of likely N-dealkylation sites (tertiary alicyclic amines) is 1. The highest BCUT2D eigenvalue weighted by Crippen LogP contribution is 2.36. The first-order valence-electron chi connectivity index (χ1n) is 8.20. The van der Waals surface area contributed by atoms with E-state index in [-0.39, 0.29) is 12.0 Å². The van der Waals surface area contributed by atoms with Gasteiger partial charge in [0.2, 0.25) is 5.91 Å². The maximum atomic E-state index is 12.3. The summed E-state index contributed by atoms with van der Waals surface area (Å²) in [5.41, 5.74) is -0.618. The number of nitrogens with zero attached hydrogens (tertiary/aromatic N) is 1. The van der Waals surface area contributed by atoms with Gasteiger partial charge in [-0.1, -0.05) is 13.3 Å². The van der Waals surface area contributed by atoms with E-state index in [0.717, 1.165) is 32.3 Å². The molecule has 0 aromatic carbocycles. The molecule has 5 heteroatoms. The molecule has 0 radical (unpaired) electrons. The molecular weight excluding hydrogens is 270 g/mol. The highest BCUT2D eigenvalue weighted by atomic mass is 16.5. The number of carboxylic acid groups (broad SMARTS) is 1. The molecule has 1 unspecified atom stereocenters. The van der Waals surface area contributed by atoms with Crippen LogP contribution < -0.4 is 0 Å². The molecule has 0 aromatic rings. The molecule has 0 aromatic heterocycles. The number of piperidine rings is 1. The molecule has 0 spiro atoms. The van der Waals surface area contributed by atoms with Crippen LogP contribution in [0, 0.1) is 5.41 Å². The summed E-state index contributed by atoms with van der Waals surface area (Å²) in [5.74, 6) is -0.579. The van der Waals surface area contributed by atoms with E-state index in [4.69, 9.17) is 4.74 Å².